The fourth-order valence-electron chi connectivity index (χ4n) is 1.58. The van der Waals surface area contributed by atoms with Crippen LogP contribution in [0.4, 0.5) is 5.69 Å². The molecular formula is C13H17IN2O5. The van der Waals surface area contributed by atoms with Gasteiger partial charge in [-0.05, 0) is 35.6 Å². The third-order valence-electron chi connectivity index (χ3n) is 2.88. The number of nitrogens with zero attached hydrogens (tertiary/aromatic N) is 1. The molecule has 1 aromatic carbocycles. The molecule has 0 fully saturated rings. The molecule has 0 saturated carbocycles. The SMILES string of the molecule is COCCC(C)(O)CNC(=O)c1cc([N+](=O)[O-])ccc1I. The number of nitro groups is 1. The van der Waals surface area contributed by atoms with Crippen molar-refractivity contribution in [3.05, 3.63) is 37.4 Å². The van der Waals surface area contributed by atoms with Gasteiger partial charge >= 0.3 is 0 Å². The number of aliphatic hydroxyl groups is 1. The summed E-state index contributed by atoms with van der Waals surface area (Å²) in [4.78, 5) is 22.3. The van der Waals surface area contributed by atoms with E-state index in [-0.39, 0.29) is 17.8 Å². The van der Waals surface area contributed by atoms with Crippen LogP contribution in [-0.4, -0.2) is 41.8 Å². The average Bonchev–Trinajstić information content (AvgIpc) is 2.43. The minimum Gasteiger partial charge on any atom is -0.388 e. The maximum Gasteiger partial charge on any atom is 0.270 e. The Kier molecular flexibility index (Phi) is 6.49. The van der Waals surface area contributed by atoms with Crippen molar-refractivity contribution in [2.24, 2.45) is 0 Å². The van der Waals surface area contributed by atoms with Gasteiger partial charge in [0.15, 0.2) is 0 Å². The standard InChI is InChI=1S/C13H17IN2O5/c1-13(18,5-6-21-2)8-15-12(17)10-7-9(16(19)20)3-4-11(10)14/h3-4,7,18H,5-6,8H2,1-2H3,(H,15,17). The Morgan fingerprint density at radius 2 is 2.24 bits per heavy atom. The first-order valence-corrected chi connectivity index (χ1v) is 7.28. The number of hydrogen-bond donors (Lipinski definition) is 2. The lowest BCUT2D eigenvalue weighted by Crippen LogP contribution is -2.41. The van der Waals surface area contributed by atoms with Crippen LogP contribution >= 0.6 is 22.6 Å². The van der Waals surface area contributed by atoms with Gasteiger partial charge in [0.25, 0.3) is 11.6 Å². The number of hydrogen-bond acceptors (Lipinski definition) is 5. The molecule has 0 aliphatic rings. The molecular weight excluding hydrogens is 391 g/mol. The van der Waals surface area contributed by atoms with Crippen LogP contribution in [-0.2, 0) is 4.74 Å². The van der Waals surface area contributed by atoms with E-state index in [1.165, 1.54) is 25.3 Å². The molecule has 116 valence electrons. The summed E-state index contributed by atoms with van der Waals surface area (Å²) in [5, 5.41) is 23.4. The van der Waals surface area contributed by atoms with Gasteiger partial charge in [0, 0.05) is 42.4 Å². The van der Waals surface area contributed by atoms with Crippen LogP contribution in [0.1, 0.15) is 23.7 Å². The minimum absolute atomic E-state index is 0.0357. The molecule has 1 aromatic rings. The van der Waals surface area contributed by atoms with E-state index in [1.807, 2.05) is 22.6 Å². The van der Waals surface area contributed by atoms with Crippen LogP contribution < -0.4 is 5.32 Å². The van der Waals surface area contributed by atoms with Crippen molar-refractivity contribution in [3.8, 4) is 0 Å². The third kappa shape index (κ3) is 5.56. The second-order valence-electron chi connectivity index (χ2n) is 4.84. The molecule has 0 aromatic heterocycles. The van der Waals surface area contributed by atoms with Crippen molar-refractivity contribution in [1.82, 2.24) is 5.32 Å². The van der Waals surface area contributed by atoms with E-state index < -0.39 is 16.4 Å². The van der Waals surface area contributed by atoms with Gasteiger partial charge < -0.3 is 15.2 Å². The number of carbonyl (C=O) groups is 1. The summed E-state index contributed by atoms with van der Waals surface area (Å²) in [6.07, 6.45) is 0.371. The Balaban J connectivity index is 2.76. The maximum absolute atomic E-state index is 12.1. The number of nitro benzene ring substituents is 1. The molecule has 0 bridgehead atoms. The van der Waals surface area contributed by atoms with Crippen molar-refractivity contribution in [1.29, 1.82) is 0 Å². The molecule has 8 heteroatoms. The van der Waals surface area contributed by atoms with Gasteiger partial charge in [-0.25, -0.2) is 0 Å². The molecule has 0 radical (unpaired) electrons. The molecule has 1 atom stereocenters. The van der Waals surface area contributed by atoms with E-state index in [2.05, 4.69) is 5.32 Å². The van der Waals surface area contributed by atoms with Gasteiger partial charge in [-0.2, -0.15) is 0 Å². The minimum atomic E-state index is -1.10. The van der Waals surface area contributed by atoms with Crippen LogP contribution in [0, 0.1) is 13.7 Å². The second kappa shape index (κ2) is 7.66. The number of benzene rings is 1. The third-order valence-corrected chi connectivity index (χ3v) is 3.82. The number of carbonyl (C=O) groups excluding carboxylic acids is 1. The molecule has 2 N–H and O–H groups in total. The Morgan fingerprint density at radius 1 is 1.57 bits per heavy atom. The number of non-ortho nitro benzene ring substituents is 1. The summed E-state index contributed by atoms with van der Waals surface area (Å²) >= 11 is 1.93. The van der Waals surface area contributed by atoms with Crippen molar-refractivity contribution in [3.63, 3.8) is 0 Å². The van der Waals surface area contributed by atoms with E-state index in [0.29, 0.717) is 16.6 Å². The number of methoxy groups -OCH3 is 1. The fraction of sp³-hybridized carbons (Fsp3) is 0.462. The first-order chi connectivity index (χ1) is 9.76. The molecule has 1 unspecified atom stereocenters. The molecule has 7 nitrogen and oxygen atoms in total. The highest BCUT2D eigenvalue weighted by Gasteiger charge is 2.22. The monoisotopic (exact) mass is 408 g/mol. The second-order valence-corrected chi connectivity index (χ2v) is 6.01. The molecule has 0 saturated heterocycles. The molecule has 0 heterocycles. The highest BCUT2D eigenvalue weighted by atomic mass is 127. The first-order valence-electron chi connectivity index (χ1n) is 6.20. The lowest BCUT2D eigenvalue weighted by molar-refractivity contribution is -0.384. The quantitative estimate of drug-likeness (QED) is 0.407. The Morgan fingerprint density at radius 3 is 2.81 bits per heavy atom. The summed E-state index contributed by atoms with van der Waals surface area (Å²) in [6, 6.07) is 4.07. The van der Waals surface area contributed by atoms with Crippen LogP contribution in [0.2, 0.25) is 0 Å². The Labute approximate surface area is 136 Å². The fourth-order valence-corrected chi connectivity index (χ4v) is 2.16. The number of ether oxygens (including phenoxy) is 1. The predicted molar refractivity (Wildman–Crippen MR) is 85.3 cm³/mol. The highest BCUT2D eigenvalue weighted by Crippen LogP contribution is 2.19. The molecule has 0 aliphatic carbocycles. The van der Waals surface area contributed by atoms with E-state index in [9.17, 15) is 20.0 Å². The van der Waals surface area contributed by atoms with Gasteiger partial charge in [0.2, 0.25) is 0 Å². The molecule has 1 amide bonds. The van der Waals surface area contributed by atoms with Gasteiger partial charge in [0.1, 0.15) is 0 Å². The maximum atomic E-state index is 12.1. The van der Waals surface area contributed by atoms with Gasteiger partial charge in [-0.15, -0.1) is 0 Å². The average molecular weight is 408 g/mol. The number of amides is 1. The van der Waals surface area contributed by atoms with Crippen molar-refractivity contribution in [2.45, 2.75) is 18.9 Å². The summed E-state index contributed by atoms with van der Waals surface area (Å²) in [6.45, 7) is 2.00. The lowest BCUT2D eigenvalue weighted by Gasteiger charge is -2.23. The number of halogens is 1. The highest BCUT2D eigenvalue weighted by molar-refractivity contribution is 14.1. The zero-order valence-corrected chi connectivity index (χ0v) is 13.9. The van der Waals surface area contributed by atoms with E-state index in [4.69, 9.17) is 4.74 Å². The topological polar surface area (TPSA) is 102 Å². The molecule has 1 rings (SSSR count). The predicted octanol–water partition coefficient (Wildman–Crippen LogP) is 1.72. The van der Waals surface area contributed by atoms with E-state index >= 15 is 0 Å². The van der Waals surface area contributed by atoms with Crippen molar-refractivity contribution >= 4 is 34.2 Å². The zero-order chi connectivity index (χ0) is 16.0. The van der Waals surface area contributed by atoms with Crippen LogP contribution in [0.25, 0.3) is 0 Å². The molecule has 0 aliphatic heterocycles. The van der Waals surface area contributed by atoms with Gasteiger partial charge in [-0.1, -0.05) is 0 Å². The first kappa shape index (κ1) is 17.8. The van der Waals surface area contributed by atoms with Gasteiger partial charge in [-0.3, -0.25) is 14.9 Å². The van der Waals surface area contributed by atoms with Crippen molar-refractivity contribution in [2.75, 3.05) is 20.3 Å². The number of nitrogens with one attached hydrogen (secondary N) is 1. The smallest absolute Gasteiger partial charge is 0.270 e. The summed E-state index contributed by atoms with van der Waals surface area (Å²) < 4.78 is 5.49. The Hall–Kier alpha value is -1.26. The number of rotatable bonds is 7. The Bertz CT molecular complexity index is 533. The normalized spacial score (nSPS) is 13.5. The molecule has 0 spiro atoms. The summed E-state index contributed by atoms with van der Waals surface area (Å²) in [5.74, 6) is -0.458. The van der Waals surface area contributed by atoms with E-state index in [1.54, 1.807) is 6.92 Å². The summed E-state index contributed by atoms with van der Waals surface area (Å²) in [5.41, 5.74) is -1.03. The van der Waals surface area contributed by atoms with Gasteiger partial charge in [0.05, 0.1) is 16.1 Å². The van der Waals surface area contributed by atoms with Crippen molar-refractivity contribution < 1.29 is 19.6 Å². The van der Waals surface area contributed by atoms with Crippen LogP contribution in [0.5, 0.6) is 0 Å². The van der Waals surface area contributed by atoms with Crippen LogP contribution in [0.15, 0.2) is 18.2 Å². The largest absolute Gasteiger partial charge is 0.388 e. The van der Waals surface area contributed by atoms with E-state index in [0.717, 1.165) is 0 Å². The lowest BCUT2D eigenvalue weighted by atomic mass is 10.0. The molecule has 21 heavy (non-hydrogen) atoms. The summed E-state index contributed by atoms with van der Waals surface area (Å²) in [7, 11) is 1.53. The van der Waals surface area contributed by atoms with Crippen LogP contribution in [0.3, 0.4) is 0 Å². The zero-order valence-electron chi connectivity index (χ0n) is 11.8.